The zero-order chi connectivity index (χ0) is 22.3. The maximum atomic E-state index is 12.9. The van der Waals surface area contributed by atoms with Crippen LogP contribution in [0.3, 0.4) is 0 Å². The molecule has 170 valence electrons. The lowest BCUT2D eigenvalue weighted by molar-refractivity contribution is 0.0968. The highest BCUT2D eigenvalue weighted by Gasteiger charge is 2.30. The van der Waals surface area contributed by atoms with Gasteiger partial charge in [-0.15, -0.1) is 0 Å². The summed E-state index contributed by atoms with van der Waals surface area (Å²) in [6, 6.07) is 1.95. The highest BCUT2D eigenvalue weighted by atomic mass is 32.2. The van der Waals surface area contributed by atoms with E-state index >= 15 is 0 Å². The van der Waals surface area contributed by atoms with Gasteiger partial charge in [-0.3, -0.25) is 4.79 Å². The minimum absolute atomic E-state index is 0.0238. The molecular formula is C21H26N6O4S. The average Bonchev–Trinajstić information content (AvgIpc) is 3.51. The number of nitrogens with zero attached hydrogens (tertiary/aromatic N) is 5. The third-order valence-corrected chi connectivity index (χ3v) is 7.73. The number of carbonyl (C=O) groups is 1. The van der Waals surface area contributed by atoms with Crippen molar-refractivity contribution in [1.82, 2.24) is 24.4 Å². The van der Waals surface area contributed by atoms with Crippen LogP contribution in [0.2, 0.25) is 0 Å². The first-order chi connectivity index (χ1) is 15.4. The van der Waals surface area contributed by atoms with Crippen LogP contribution in [0.4, 0.5) is 5.82 Å². The number of Topliss-reactive ketones (excluding diaryl/α,β-unsaturated/α-hetero) is 1. The number of fused-ring (bicyclic) bond motifs is 2. The summed E-state index contributed by atoms with van der Waals surface area (Å²) < 4.78 is 30.4. The molecule has 1 N–H and O–H groups in total. The maximum Gasteiger partial charge on any atom is 0.211 e. The molecule has 0 amide bonds. The van der Waals surface area contributed by atoms with Crippen molar-refractivity contribution in [1.29, 1.82) is 0 Å². The molecule has 0 spiro atoms. The van der Waals surface area contributed by atoms with Crippen LogP contribution in [0.5, 0.6) is 0 Å². The predicted molar refractivity (Wildman–Crippen MR) is 118 cm³/mol. The summed E-state index contributed by atoms with van der Waals surface area (Å²) >= 11 is 0. The van der Waals surface area contributed by atoms with Gasteiger partial charge in [0.15, 0.2) is 11.5 Å². The van der Waals surface area contributed by atoms with E-state index in [1.165, 1.54) is 16.9 Å². The summed E-state index contributed by atoms with van der Waals surface area (Å²) in [5, 5.41) is 5.04. The summed E-state index contributed by atoms with van der Waals surface area (Å²) in [6.45, 7) is 2.37. The fourth-order valence-corrected chi connectivity index (χ4v) is 5.64. The van der Waals surface area contributed by atoms with E-state index in [9.17, 15) is 13.2 Å². The molecule has 2 aliphatic rings. The van der Waals surface area contributed by atoms with Crippen molar-refractivity contribution in [2.75, 3.05) is 30.8 Å². The van der Waals surface area contributed by atoms with E-state index in [4.69, 9.17) is 4.52 Å². The monoisotopic (exact) mass is 458 g/mol. The third-order valence-electron chi connectivity index (χ3n) is 6.46. The number of carbonyl (C=O) groups excluding carboxylic acids is 1. The number of hydrogen-bond acceptors (Lipinski definition) is 8. The third kappa shape index (κ3) is 4.02. The normalized spacial score (nSPS) is 19.5. The lowest BCUT2D eigenvalue weighted by Gasteiger charge is -2.27. The summed E-state index contributed by atoms with van der Waals surface area (Å²) in [5.74, 6) is 1.88. The van der Waals surface area contributed by atoms with Crippen LogP contribution in [-0.4, -0.2) is 64.5 Å². The summed E-state index contributed by atoms with van der Waals surface area (Å²) in [4.78, 5) is 26.9. The van der Waals surface area contributed by atoms with Crippen molar-refractivity contribution in [3.63, 3.8) is 0 Å². The van der Waals surface area contributed by atoms with Gasteiger partial charge in [-0.2, -0.15) is 0 Å². The van der Waals surface area contributed by atoms with E-state index in [0.29, 0.717) is 50.5 Å². The van der Waals surface area contributed by atoms with Gasteiger partial charge in [0.25, 0.3) is 0 Å². The number of nitrogens with one attached hydrogen (secondary N) is 1. The van der Waals surface area contributed by atoms with E-state index in [-0.39, 0.29) is 5.78 Å². The minimum Gasteiger partial charge on any atom is -0.360 e. The first kappa shape index (κ1) is 21.1. The lowest BCUT2D eigenvalue weighted by atomic mass is 9.97. The molecule has 5 rings (SSSR count). The Morgan fingerprint density at radius 1 is 1.31 bits per heavy atom. The maximum absolute atomic E-state index is 12.9. The van der Waals surface area contributed by atoms with Crippen LogP contribution in [0.25, 0.3) is 11.0 Å². The van der Waals surface area contributed by atoms with E-state index in [1.807, 2.05) is 12.3 Å². The van der Waals surface area contributed by atoms with Crippen LogP contribution >= 0.6 is 0 Å². The minimum atomic E-state index is -3.13. The number of ketones is 1. The quantitative estimate of drug-likeness (QED) is 0.534. The van der Waals surface area contributed by atoms with Crippen LogP contribution in [0.1, 0.15) is 47.5 Å². The first-order valence-corrected chi connectivity index (χ1v) is 12.7. The molecule has 10 nitrogen and oxygen atoms in total. The Hall–Kier alpha value is -2.79. The largest absolute Gasteiger partial charge is 0.360 e. The van der Waals surface area contributed by atoms with Gasteiger partial charge in [-0.05, 0) is 31.2 Å². The van der Waals surface area contributed by atoms with Gasteiger partial charge < -0.3 is 14.4 Å². The molecule has 0 bridgehead atoms. The van der Waals surface area contributed by atoms with Crippen molar-refractivity contribution in [3.8, 4) is 0 Å². The van der Waals surface area contributed by atoms with Crippen molar-refractivity contribution in [2.24, 2.45) is 5.92 Å². The molecular weight excluding hydrogens is 432 g/mol. The van der Waals surface area contributed by atoms with Gasteiger partial charge in [-0.1, -0.05) is 5.16 Å². The van der Waals surface area contributed by atoms with Gasteiger partial charge in [0.2, 0.25) is 10.0 Å². The number of aromatic amines is 1. The highest BCUT2D eigenvalue weighted by Crippen LogP contribution is 2.30. The first-order valence-electron chi connectivity index (χ1n) is 10.9. The number of hydrogen-bond donors (Lipinski definition) is 1. The molecule has 1 atom stereocenters. The van der Waals surface area contributed by atoms with E-state index in [2.05, 4.69) is 25.0 Å². The Bertz CT molecular complexity index is 1250. The van der Waals surface area contributed by atoms with Gasteiger partial charge in [0.05, 0.1) is 18.2 Å². The Kier molecular flexibility index (Phi) is 5.46. The molecule has 0 radical (unpaired) electrons. The SMILES string of the molecule is CS(=O)(=O)N1CCC(CCCC(=O)c2noc3c2CN(c2ncnc4[nH]ccc24)CC3)C1. The molecule has 0 aromatic carbocycles. The van der Waals surface area contributed by atoms with Crippen molar-refractivity contribution in [2.45, 2.75) is 38.6 Å². The zero-order valence-corrected chi connectivity index (χ0v) is 18.8. The van der Waals surface area contributed by atoms with E-state index in [1.54, 1.807) is 0 Å². The second-order valence-electron chi connectivity index (χ2n) is 8.63. The summed E-state index contributed by atoms with van der Waals surface area (Å²) in [5.41, 5.74) is 2.03. The second-order valence-corrected chi connectivity index (χ2v) is 10.6. The molecule has 2 aliphatic heterocycles. The van der Waals surface area contributed by atoms with E-state index in [0.717, 1.165) is 47.6 Å². The van der Waals surface area contributed by atoms with Crippen LogP contribution in [0.15, 0.2) is 23.1 Å². The number of rotatable bonds is 7. The number of H-pyrrole nitrogens is 1. The van der Waals surface area contributed by atoms with Gasteiger partial charge >= 0.3 is 0 Å². The smallest absolute Gasteiger partial charge is 0.211 e. The molecule has 1 saturated heterocycles. The average molecular weight is 459 g/mol. The van der Waals surface area contributed by atoms with Crippen molar-refractivity contribution in [3.05, 3.63) is 35.6 Å². The predicted octanol–water partition coefficient (Wildman–Crippen LogP) is 2.14. The van der Waals surface area contributed by atoms with Gasteiger partial charge in [-0.25, -0.2) is 22.7 Å². The van der Waals surface area contributed by atoms with Crippen LogP contribution in [0, 0.1) is 5.92 Å². The number of aromatic nitrogens is 4. The lowest BCUT2D eigenvalue weighted by Crippen LogP contribution is -2.31. The Morgan fingerprint density at radius 2 is 2.19 bits per heavy atom. The molecule has 0 saturated carbocycles. The topological polar surface area (TPSA) is 125 Å². The number of anilines is 1. The zero-order valence-electron chi connectivity index (χ0n) is 18.0. The Morgan fingerprint density at radius 3 is 3.00 bits per heavy atom. The molecule has 3 aromatic heterocycles. The molecule has 5 heterocycles. The van der Waals surface area contributed by atoms with E-state index < -0.39 is 10.0 Å². The fraction of sp³-hybridized carbons (Fsp3) is 0.524. The van der Waals surface area contributed by atoms with Crippen LogP contribution < -0.4 is 4.90 Å². The Balaban J connectivity index is 1.23. The van der Waals surface area contributed by atoms with Crippen molar-refractivity contribution >= 4 is 32.7 Å². The molecule has 0 aliphatic carbocycles. The molecule has 11 heteroatoms. The Labute approximate surface area is 186 Å². The van der Waals surface area contributed by atoms with Gasteiger partial charge in [0.1, 0.15) is 23.6 Å². The fourth-order valence-electron chi connectivity index (χ4n) is 4.72. The van der Waals surface area contributed by atoms with Crippen molar-refractivity contribution < 1.29 is 17.7 Å². The molecule has 1 fully saturated rings. The van der Waals surface area contributed by atoms with Gasteiger partial charge in [0, 0.05) is 44.2 Å². The molecule has 3 aromatic rings. The molecule has 32 heavy (non-hydrogen) atoms. The summed E-state index contributed by atoms with van der Waals surface area (Å²) in [6.07, 6.45) is 8.06. The molecule has 1 unspecified atom stereocenters. The standard InChI is InChI=1S/C21H26N6O4S/c1-32(29,30)27-10-6-14(11-27)3-2-4-17(28)19-16-12-26(9-7-18(16)31-25-19)21-15-5-8-22-20(15)23-13-24-21/h5,8,13-14H,2-4,6-7,9-12H2,1H3,(H,22,23,24). The summed E-state index contributed by atoms with van der Waals surface area (Å²) in [7, 11) is -3.13. The highest BCUT2D eigenvalue weighted by molar-refractivity contribution is 7.88. The second kappa shape index (κ2) is 8.28. The number of sulfonamides is 1. The van der Waals surface area contributed by atoms with Crippen LogP contribution in [-0.2, 0) is 23.0 Å².